The molecule has 2 aromatic rings. The highest BCUT2D eigenvalue weighted by atomic mass is 16.5. The van der Waals surface area contributed by atoms with Crippen LogP contribution in [0.25, 0.3) is 11.1 Å². The summed E-state index contributed by atoms with van der Waals surface area (Å²) in [6.45, 7) is 7.59. The molecule has 0 atom stereocenters. The third kappa shape index (κ3) is 3.49. The van der Waals surface area contributed by atoms with Gasteiger partial charge in [-0.05, 0) is 25.3 Å². The van der Waals surface area contributed by atoms with E-state index in [1.165, 1.54) is 4.90 Å². The van der Waals surface area contributed by atoms with E-state index in [4.69, 9.17) is 9.63 Å². The average molecular weight is 319 g/mol. The van der Waals surface area contributed by atoms with Gasteiger partial charge in [0, 0.05) is 12.2 Å². The Kier molecular flexibility index (Phi) is 4.98. The summed E-state index contributed by atoms with van der Waals surface area (Å²) in [5.74, 6) is -1.32. The minimum Gasteiger partial charge on any atom is -0.480 e. The van der Waals surface area contributed by atoms with Gasteiger partial charge in [-0.1, -0.05) is 25.9 Å². The van der Waals surface area contributed by atoms with Crippen molar-refractivity contribution < 1.29 is 19.2 Å². The van der Waals surface area contributed by atoms with E-state index in [1.54, 1.807) is 13.0 Å². The van der Waals surface area contributed by atoms with Crippen LogP contribution in [0.4, 0.5) is 0 Å². The molecule has 0 saturated carbocycles. The van der Waals surface area contributed by atoms with Crippen molar-refractivity contribution >= 4 is 23.0 Å². The second-order valence-corrected chi connectivity index (χ2v) is 5.83. The Morgan fingerprint density at radius 1 is 1.39 bits per heavy atom. The molecule has 2 rings (SSSR count). The molecule has 0 aliphatic rings. The fourth-order valence-electron chi connectivity index (χ4n) is 2.51. The molecule has 0 spiro atoms. The van der Waals surface area contributed by atoms with Gasteiger partial charge in [0.1, 0.15) is 6.54 Å². The molecule has 2 aromatic heterocycles. The van der Waals surface area contributed by atoms with E-state index in [1.807, 2.05) is 20.8 Å². The van der Waals surface area contributed by atoms with Gasteiger partial charge in [-0.2, -0.15) is 0 Å². The number of carboxylic acid groups (broad SMARTS) is 1. The molecule has 0 fully saturated rings. The van der Waals surface area contributed by atoms with E-state index < -0.39 is 5.97 Å². The normalized spacial score (nSPS) is 11.2. The number of aliphatic carboxylic acids is 1. The molecule has 0 radical (unpaired) electrons. The zero-order chi connectivity index (χ0) is 17.1. The van der Waals surface area contributed by atoms with Crippen LogP contribution < -0.4 is 0 Å². The monoisotopic (exact) mass is 319 g/mol. The van der Waals surface area contributed by atoms with Gasteiger partial charge in [0.2, 0.25) is 0 Å². The molecule has 1 N–H and O–H groups in total. The van der Waals surface area contributed by atoms with Gasteiger partial charge >= 0.3 is 5.97 Å². The van der Waals surface area contributed by atoms with Crippen LogP contribution in [0.3, 0.4) is 0 Å². The van der Waals surface area contributed by atoms with Crippen LogP contribution in [-0.2, 0) is 4.79 Å². The Morgan fingerprint density at radius 3 is 2.65 bits per heavy atom. The van der Waals surface area contributed by atoms with Crippen molar-refractivity contribution in [3.63, 3.8) is 0 Å². The molecule has 0 aromatic carbocycles. The SMILES string of the molecule is CCCN(CC(=O)O)C(=O)c1cc(C)nc2onc(C(C)C)c12. The first kappa shape index (κ1) is 16.9. The Labute approximate surface area is 134 Å². The minimum atomic E-state index is -1.04. The van der Waals surface area contributed by atoms with Gasteiger partial charge in [-0.15, -0.1) is 0 Å². The van der Waals surface area contributed by atoms with Gasteiger partial charge in [-0.25, -0.2) is 4.98 Å². The largest absolute Gasteiger partial charge is 0.480 e. The van der Waals surface area contributed by atoms with Crippen LogP contribution in [0.15, 0.2) is 10.6 Å². The molecule has 0 bridgehead atoms. The van der Waals surface area contributed by atoms with Crippen LogP contribution >= 0.6 is 0 Å². The van der Waals surface area contributed by atoms with Crippen LogP contribution in [0.1, 0.15) is 54.9 Å². The number of fused-ring (bicyclic) bond motifs is 1. The summed E-state index contributed by atoms with van der Waals surface area (Å²) in [6.07, 6.45) is 0.674. The standard InChI is InChI=1S/C16H21N3O4/c1-5-6-19(8-12(20)21)16(22)11-7-10(4)17-15-13(11)14(9(2)3)18-23-15/h7,9H,5-6,8H2,1-4H3,(H,20,21). The number of nitrogens with zero attached hydrogens (tertiary/aromatic N) is 3. The van der Waals surface area contributed by atoms with E-state index in [-0.39, 0.29) is 18.4 Å². The van der Waals surface area contributed by atoms with Gasteiger partial charge in [0.05, 0.1) is 16.6 Å². The van der Waals surface area contributed by atoms with Gasteiger partial charge in [0.25, 0.3) is 11.6 Å². The third-order valence-corrected chi connectivity index (χ3v) is 3.49. The van der Waals surface area contributed by atoms with Crippen molar-refractivity contribution in [3.8, 4) is 0 Å². The first-order valence-electron chi connectivity index (χ1n) is 7.63. The maximum absolute atomic E-state index is 12.9. The highest BCUT2D eigenvalue weighted by Crippen LogP contribution is 2.28. The molecule has 0 saturated heterocycles. The quantitative estimate of drug-likeness (QED) is 0.879. The molecule has 0 aliphatic carbocycles. The maximum atomic E-state index is 12.9. The zero-order valence-corrected chi connectivity index (χ0v) is 13.8. The number of hydrogen-bond donors (Lipinski definition) is 1. The molecule has 1 amide bonds. The average Bonchev–Trinajstić information content (AvgIpc) is 2.88. The van der Waals surface area contributed by atoms with E-state index in [0.717, 1.165) is 0 Å². The lowest BCUT2D eigenvalue weighted by Crippen LogP contribution is -2.36. The number of carbonyl (C=O) groups is 2. The summed E-state index contributed by atoms with van der Waals surface area (Å²) < 4.78 is 5.25. The number of carboxylic acids is 1. The fraction of sp³-hybridized carbons (Fsp3) is 0.500. The molecular weight excluding hydrogens is 298 g/mol. The summed E-state index contributed by atoms with van der Waals surface area (Å²) in [6, 6.07) is 1.66. The molecule has 0 unspecified atom stereocenters. The van der Waals surface area contributed by atoms with E-state index in [0.29, 0.717) is 41.0 Å². The third-order valence-electron chi connectivity index (χ3n) is 3.49. The Morgan fingerprint density at radius 2 is 2.09 bits per heavy atom. The summed E-state index contributed by atoms with van der Waals surface area (Å²) >= 11 is 0. The van der Waals surface area contributed by atoms with Gasteiger partial charge in [-0.3, -0.25) is 9.59 Å². The maximum Gasteiger partial charge on any atom is 0.323 e. The van der Waals surface area contributed by atoms with Crippen molar-refractivity contribution in [2.75, 3.05) is 13.1 Å². The molecule has 124 valence electrons. The number of aryl methyl sites for hydroxylation is 1. The summed E-state index contributed by atoms with van der Waals surface area (Å²) in [5.41, 5.74) is 1.98. The van der Waals surface area contributed by atoms with Crippen molar-refractivity contribution in [2.24, 2.45) is 0 Å². The number of pyridine rings is 1. The Hall–Kier alpha value is -2.44. The first-order chi connectivity index (χ1) is 10.8. The van der Waals surface area contributed by atoms with Crippen molar-refractivity contribution in [2.45, 2.75) is 40.0 Å². The molecule has 7 nitrogen and oxygen atoms in total. The first-order valence-corrected chi connectivity index (χ1v) is 7.63. The number of hydrogen-bond acceptors (Lipinski definition) is 5. The van der Waals surface area contributed by atoms with Crippen LogP contribution in [0.2, 0.25) is 0 Å². The number of amides is 1. The predicted molar refractivity (Wildman–Crippen MR) is 84.5 cm³/mol. The lowest BCUT2D eigenvalue weighted by Gasteiger charge is -2.20. The Bertz CT molecular complexity index is 736. The van der Waals surface area contributed by atoms with Crippen molar-refractivity contribution in [1.29, 1.82) is 0 Å². The molecular formula is C16H21N3O4. The molecule has 0 aliphatic heterocycles. The van der Waals surface area contributed by atoms with Gasteiger partial charge in [0.15, 0.2) is 0 Å². The minimum absolute atomic E-state index is 0.0615. The summed E-state index contributed by atoms with van der Waals surface area (Å²) in [7, 11) is 0. The second-order valence-electron chi connectivity index (χ2n) is 5.83. The van der Waals surface area contributed by atoms with Crippen molar-refractivity contribution in [1.82, 2.24) is 15.0 Å². The zero-order valence-electron chi connectivity index (χ0n) is 13.8. The molecule has 2 heterocycles. The number of aromatic nitrogens is 2. The highest BCUT2D eigenvalue weighted by Gasteiger charge is 2.25. The molecule has 7 heteroatoms. The van der Waals surface area contributed by atoms with E-state index >= 15 is 0 Å². The van der Waals surface area contributed by atoms with Crippen LogP contribution in [-0.4, -0.2) is 45.1 Å². The second kappa shape index (κ2) is 6.76. The highest BCUT2D eigenvalue weighted by molar-refractivity contribution is 6.06. The lowest BCUT2D eigenvalue weighted by molar-refractivity contribution is -0.137. The fourth-order valence-corrected chi connectivity index (χ4v) is 2.51. The number of rotatable bonds is 6. The lowest BCUT2D eigenvalue weighted by atomic mass is 10.0. The van der Waals surface area contributed by atoms with E-state index in [2.05, 4.69) is 10.1 Å². The predicted octanol–water partition coefficient (Wildman–Crippen LogP) is 2.59. The topological polar surface area (TPSA) is 96.5 Å². The number of carbonyl (C=O) groups excluding carboxylic acids is 1. The Balaban J connectivity index is 2.57. The van der Waals surface area contributed by atoms with E-state index in [9.17, 15) is 9.59 Å². The molecule has 23 heavy (non-hydrogen) atoms. The van der Waals surface area contributed by atoms with Gasteiger partial charge < -0.3 is 14.5 Å². The summed E-state index contributed by atoms with van der Waals surface area (Å²) in [4.78, 5) is 29.5. The smallest absolute Gasteiger partial charge is 0.323 e. The van der Waals surface area contributed by atoms with Crippen LogP contribution in [0.5, 0.6) is 0 Å². The van der Waals surface area contributed by atoms with Crippen molar-refractivity contribution in [3.05, 3.63) is 23.0 Å². The van der Waals surface area contributed by atoms with Crippen LogP contribution in [0, 0.1) is 6.92 Å². The summed E-state index contributed by atoms with van der Waals surface area (Å²) in [5, 5.41) is 13.6.